The second-order valence-corrected chi connectivity index (χ2v) is 8.23. The molecule has 1 atom stereocenters. The molecular weight excluding hydrogens is 457 g/mol. The molecule has 1 fully saturated rings. The van der Waals surface area contributed by atoms with E-state index in [4.69, 9.17) is 9.47 Å². The van der Waals surface area contributed by atoms with Crippen LogP contribution in [0.1, 0.15) is 18.4 Å². The SMILES string of the molecule is CN=C(NCc1ccc2c(c1)OCCCO2)NC1CCS(=O)(=O)C1.I. The molecule has 3 rings (SSSR count). The molecule has 1 unspecified atom stereocenters. The summed E-state index contributed by atoms with van der Waals surface area (Å²) in [6, 6.07) is 5.77. The van der Waals surface area contributed by atoms with Crippen molar-refractivity contribution >= 4 is 39.8 Å². The van der Waals surface area contributed by atoms with Crippen molar-refractivity contribution < 1.29 is 17.9 Å². The van der Waals surface area contributed by atoms with E-state index in [0.717, 1.165) is 23.5 Å². The molecule has 140 valence electrons. The van der Waals surface area contributed by atoms with Crippen LogP contribution < -0.4 is 20.1 Å². The van der Waals surface area contributed by atoms with Gasteiger partial charge in [-0.1, -0.05) is 6.07 Å². The van der Waals surface area contributed by atoms with E-state index in [1.807, 2.05) is 18.2 Å². The first-order valence-electron chi connectivity index (χ1n) is 8.12. The number of rotatable bonds is 3. The number of hydrogen-bond donors (Lipinski definition) is 2. The number of ether oxygens (including phenoxy) is 2. The molecule has 0 bridgehead atoms. The Balaban J connectivity index is 0.00000225. The van der Waals surface area contributed by atoms with Crippen LogP contribution in [0.3, 0.4) is 0 Å². The lowest BCUT2D eigenvalue weighted by molar-refractivity contribution is 0.297. The van der Waals surface area contributed by atoms with Crippen LogP contribution in [0.5, 0.6) is 11.5 Å². The van der Waals surface area contributed by atoms with Crippen LogP contribution in [-0.2, 0) is 16.4 Å². The van der Waals surface area contributed by atoms with Gasteiger partial charge in [-0.05, 0) is 24.1 Å². The molecular formula is C16H24IN3O4S. The van der Waals surface area contributed by atoms with Crippen LogP contribution in [0.2, 0.25) is 0 Å². The first-order valence-corrected chi connectivity index (χ1v) is 9.94. The average molecular weight is 481 g/mol. The summed E-state index contributed by atoms with van der Waals surface area (Å²) in [4.78, 5) is 4.16. The van der Waals surface area contributed by atoms with Crippen molar-refractivity contribution in [2.45, 2.75) is 25.4 Å². The quantitative estimate of drug-likeness (QED) is 0.385. The maximum Gasteiger partial charge on any atom is 0.191 e. The van der Waals surface area contributed by atoms with Gasteiger partial charge in [0.25, 0.3) is 0 Å². The van der Waals surface area contributed by atoms with Gasteiger partial charge in [-0.15, -0.1) is 24.0 Å². The Labute approximate surface area is 165 Å². The van der Waals surface area contributed by atoms with Gasteiger partial charge in [0.1, 0.15) is 0 Å². The van der Waals surface area contributed by atoms with Crippen LogP contribution >= 0.6 is 24.0 Å². The Hall–Kier alpha value is -1.23. The van der Waals surface area contributed by atoms with E-state index < -0.39 is 9.84 Å². The molecule has 7 nitrogen and oxygen atoms in total. The molecule has 25 heavy (non-hydrogen) atoms. The van der Waals surface area contributed by atoms with E-state index in [1.165, 1.54) is 0 Å². The Bertz CT molecular complexity index is 724. The monoisotopic (exact) mass is 481 g/mol. The zero-order valence-corrected chi connectivity index (χ0v) is 17.3. The maximum absolute atomic E-state index is 11.5. The summed E-state index contributed by atoms with van der Waals surface area (Å²) >= 11 is 0. The lowest BCUT2D eigenvalue weighted by atomic mass is 10.2. The fourth-order valence-electron chi connectivity index (χ4n) is 2.80. The highest BCUT2D eigenvalue weighted by atomic mass is 127. The maximum atomic E-state index is 11.5. The summed E-state index contributed by atoms with van der Waals surface area (Å²) < 4.78 is 34.4. The summed E-state index contributed by atoms with van der Waals surface area (Å²) in [5.41, 5.74) is 1.04. The lowest BCUT2D eigenvalue weighted by Gasteiger charge is -2.16. The van der Waals surface area contributed by atoms with Crippen LogP contribution in [0.15, 0.2) is 23.2 Å². The minimum atomic E-state index is -2.91. The fourth-order valence-corrected chi connectivity index (χ4v) is 4.47. The molecule has 1 aromatic rings. The van der Waals surface area contributed by atoms with Crippen LogP contribution in [0.25, 0.3) is 0 Å². The third kappa shape index (κ3) is 5.63. The molecule has 0 spiro atoms. The average Bonchev–Trinajstić information content (AvgIpc) is 2.76. The lowest BCUT2D eigenvalue weighted by Crippen LogP contribution is -2.43. The Kier molecular flexibility index (Phi) is 7.17. The predicted molar refractivity (Wildman–Crippen MR) is 108 cm³/mol. The normalized spacial score (nSPS) is 21.8. The first kappa shape index (κ1) is 20.1. The second-order valence-electron chi connectivity index (χ2n) is 6.00. The summed E-state index contributed by atoms with van der Waals surface area (Å²) in [6.07, 6.45) is 1.50. The number of benzene rings is 1. The standard InChI is InChI=1S/C16H23N3O4S.HI/c1-17-16(19-13-5-8-24(20,21)11-13)18-10-12-3-4-14-15(9-12)23-7-2-6-22-14;/h3-4,9,13H,2,5-8,10-11H2,1H3,(H2,17,18,19);1H. The number of nitrogens with one attached hydrogen (secondary N) is 2. The molecule has 2 N–H and O–H groups in total. The van der Waals surface area contributed by atoms with E-state index in [0.29, 0.717) is 32.1 Å². The minimum absolute atomic E-state index is 0. The van der Waals surface area contributed by atoms with Gasteiger partial charge in [0.2, 0.25) is 0 Å². The molecule has 1 saturated heterocycles. The van der Waals surface area contributed by atoms with Gasteiger partial charge in [0, 0.05) is 26.1 Å². The summed E-state index contributed by atoms with van der Waals surface area (Å²) in [7, 11) is -1.23. The second kappa shape index (κ2) is 8.93. The number of fused-ring (bicyclic) bond motifs is 1. The molecule has 2 aliphatic rings. The highest BCUT2D eigenvalue weighted by Gasteiger charge is 2.28. The molecule has 0 saturated carbocycles. The van der Waals surface area contributed by atoms with Crippen LogP contribution in [0, 0.1) is 0 Å². The Morgan fingerprint density at radius 2 is 2.04 bits per heavy atom. The third-order valence-electron chi connectivity index (χ3n) is 4.07. The van der Waals surface area contributed by atoms with Crippen molar-refractivity contribution in [2.75, 3.05) is 31.8 Å². The fraction of sp³-hybridized carbons (Fsp3) is 0.562. The van der Waals surface area contributed by atoms with Gasteiger partial charge in [-0.2, -0.15) is 0 Å². The van der Waals surface area contributed by atoms with Crippen molar-refractivity contribution in [3.05, 3.63) is 23.8 Å². The third-order valence-corrected chi connectivity index (χ3v) is 5.84. The summed E-state index contributed by atoms with van der Waals surface area (Å²) in [5, 5.41) is 6.38. The van der Waals surface area contributed by atoms with Gasteiger partial charge in [0.05, 0.1) is 24.7 Å². The number of hydrogen-bond acceptors (Lipinski definition) is 5. The number of nitrogens with zero attached hydrogens (tertiary/aromatic N) is 1. The van der Waals surface area contributed by atoms with Gasteiger partial charge >= 0.3 is 0 Å². The molecule has 2 aliphatic heterocycles. The van der Waals surface area contributed by atoms with Crippen molar-refractivity contribution in [3.8, 4) is 11.5 Å². The zero-order chi connectivity index (χ0) is 17.0. The van der Waals surface area contributed by atoms with Crippen molar-refractivity contribution in [3.63, 3.8) is 0 Å². The summed E-state index contributed by atoms with van der Waals surface area (Å²) in [6.45, 7) is 1.89. The zero-order valence-electron chi connectivity index (χ0n) is 14.2. The largest absolute Gasteiger partial charge is 0.490 e. The number of guanidine groups is 1. The molecule has 0 aromatic heterocycles. The summed E-state index contributed by atoms with van der Waals surface area (Å²) in [5.74, 6) is 2.54. The Morgan fingerprint density at radius 1 is 1.28 bits per heavy atom. The Morgan fingerprint density at radius 3 is 2.72 bits per heavy atom. The van der Waals surface area contributed by atoms with E-state index in [2.05, 4.69) is 15.6 Å². The number of halogens is 1. The minimum Gasteiger partial charge on any atom is -0.490 e. The number of sulfone groups is 1. The van der Waals surface area contributed by atoms with Crippen LogP contribution in [-0.4, -0.2) is 52.2 Å². The van der Waals surface area contributed by atoms with E-state index in [9.17, 15) is 8.42 Å². The van der Waals surface area contributed by atoms with Crippen LogP contribution in [0.4, 0.5) is 0 Å². The molecule has 9 heteroatoms. The van der Waals surface area contributed by atoms with E-state index in [-0.39, 0.29) is 41.5 Å². The topological polar surface area (TPSA) is 89.0 Å². The van der Waals surface area contributed by atoms with Gasteiger partial charge in [-0.3, -0.25) is 4.99 Å². The van der Waals surface area contributed by atoms with Crippen molar-refractivity contribution in [2.24, 2.45) is 4.99 Å². The number of aliphatic imine (C=N–C) groups is 1. The van der Waals surface area contributed by atoms with Crippen molar-refractivity contribution in [1.82, 2.24) is 10.6 Å². The molecule has 0 amide bonds. The molecule has 2 heterocycles. The first-order chi connectivity index (χ1) is 11.6. The van der Waals surface area contributed by atoms with Crippen molar-refractivity contribution in [1.29, 1.82) is 0 Å². The van der Waals surface area contributed by atoms with E-state index in [1.54, 1.807) is 7.05 Å². The molecule has 0 radical (unpaired) electrons. The molecule has 0 aliphatic carbocycles. The van der Waals surface area contributed by atoms with E-state index >= 15 is 0 Å². The van der Waals surface area contributed by atoms with Gasteiger partial charge < -0.3 is 20.1 Å². The highest BCUT2D eigenvalue weighted by molar-refractivity contribution is 14.0. The molecule has 1 aromatic carbocycles. The highest BCUT2D eigenvalue weighted by Crippen LogP contribution is 2.30. The predicted octanol–water partition coefficient (Wildman–Crippen LogP) is 1.32. The smallest absolute Gasteiger partial charge is 0.191 e. The van der Waals surface area contributed by atoms with Gasteiger partial charge in [0.15, 0.2) is 27.3 Å². The van der Waals surface area contributed by atoms with Gasteiger partial charge in [-0.25, -0.2) is 8.42 Å².